The molecule has 2 N–H and O–H groups in total. The minimum atomic E-state index is -0.0530. The van der Waals surface area contributed by atoms with Crippen molar-refractivity contribution in [3.8, 4) is 0 Å². The molecule has 1 fully saturated rings. The Morgan fingerprint density at radius 2 is 1.95 bits per heavy atom. The van der Waals surface area contributed by atoms with Gasteiger partial charge in [0.05, 0.1) is 11.0 Å². The van der Waals surface area contributed by atoms with Crippen LogP contribution in [0.1, 0.15) is 18.5 Å². The molecule has 0 amide bonds. The number of thiocarbonyl (C=S) groups is 1. The van der Waals surface area contributed by atoms with Crippen LogP contribution in [0.3, 0.4) is 0 Å². The fourth-order valence-corrected chi connectivity index (χ4v) is 3.08. The van der Waals surface area contributed by atoms with Gasteiger partial charge >= 0.3 is 0 Å². The molecule has 1 aromatic rings. The van der Waals surface area contributed by atoms with Gasteiger partial charge in [0, 0.05) is 31.2 Å². The number of piperazine rings is 1. The second-order valence-corrected chi connectivity index (χ2v) is 5.68. The van der Waals surface area contributed by atoms with E-state index in [9.17, 15) is 0 Å². The molecular weight excluding hydrogens is 278 g/mol. The number of nitrogens with zero attached hydrogens (tertiary/aromatic N) is 2. The normalized spacial score (nSPS) is 19.3. The van der Waals surface area contributed by atoms with Crippen LogP contribution in [0.4, 0.5) is 0 Å². The van der Waals surface area contributed by atoms with Crippen LogP contribution >= 0.6 is 23.8 Å². The van der Waals surface area contributed by atoms with Gasteiger partial charge in [-0.05, 0) is 18.2 Å². The summed E-state index contributed by atoms with van der Waals surface area (Å²) in [4.78, 5) is 5.26. The van der Waals surface area contributed by atoms with Crippen molar-refractivity contribution in [2.45, 2.75) is 13.0 Å². The number of nitrogens with two attached hydrogens (primary N) is 1. The Morgan fingerprint density at radius 1 is 1.32 bits per heavy atom. The molecule has 1 aliphatic rings. The van der Waals surface area contributed by atoms with Crippen molar-refractivity contribution < 1.29 is 0 Å². The molecule has 1 saturated heterocycles. The van der Waals surface area contributed by atoms with Crippen LogP contribution in [0, 0.1) is 0 Å². The van der Waals surface area contributed by atoms with Gasteiger partial charge in [-0.15, -0.1) is 0 Å². The molecule has 5 heteroatoms. The Balaban J connectivity index is 2.18. The molecule has 0 spiro atoms. The minimum Gasteiger partial charge on any atom is -0.392 e. The summed E-state index contributed by atoms with van der Waals surface area (Å²) in [5.74, 6) is 0. The fourth-order valence-electron chi connectivity index (χ4n) is 2.56. The first-order chi connectivity index (χ1) is 9.13. The van der Waals surface area contributed by atoms with Gasteiger partial charge in [-0.2, -0.15) is 0 Å². The highest BCUT2D eigenvalue weighted by molar-refractivity contribution is 7.80. The van der Waals surface area contributed by atoms with Gasteiger partial charge in [0.2, 0.25) is 0 Å². The molecule has 2 rings (SSSR count). The Labute approximate surface area is 125 Å². The van der Waals surface area contributed by atoms with E-state index in [-0.39, 0.29) is 6.04 Å². The third-order valence-corrected chi connectivity index (χ3v) is 4.26. The van der Waals surface area contributed by atoms with Crippen molar-refractivity contribution in [2.75, 3.05) is 32.7 Å². The molecule has 104 valence electrons. The van der Waals surface area contributed by atoms with E-state index < -0.39 is 0 Å². The number of hydrogen-bond donors (Lipinski definition) is 1. The predicted molar refractivity (Wildman–Crippen MR) is 84.7 cm³/mol. The van der Waals surface area contributed by atoms with E-state index in [0.29, 0.717) is 4.99 Å². The maximum Gasteiger partial charge on any atom is 0.0948 e. The molecule has 3 nitrogen and oxygen atoms in total. The van der Waals surface area contributed by atoms with Gasteiger partial charge in [0.1, 0.15) is 0 Å². The average molecular weight is 298 g/mol. The molecule has 0 radical (unpaired) electrons. The highest BCUT2D eigenvalue weighted by Gasteiger charge is 2.27. The number of benzene rings is 1. The highest BCUT2D eigenvalue weighted by Crippen LogP contribution is 2.28. The molecule has 1 aromatic carbocycles. The molecule has 0 aromatic heterocycles. The summed E-state index contributed by atoms with van der Waals surface area (Å²) in [6.45, 7) is 7.34. The van der Waals surface area contributed by atoms with E-state index in [2.05, 4.69) is 16.7 Å². The maximum atomic E-state index is 6.29. The van der Waals surface area contributed by atoms with Crippen molar-refractivity contribution in [3.05, 3.63) is 34.9 Å². The molecule has 1 aliphatic heterocycles. The molecule has 0 aliphatic carbocycles. The van der Waals surface area contributed by atoms with Crippen LogP contribution in [0.5, 0.6) is 0 Å². The Bertz CT molecular complexity index is 444. The lowest BCUT2D eigenvalue weighted by atomic mass is 10.0. The fraction of sp³-hybridized carbons (Fsp3) is 0.500. The van der Waals surface area contributed by atoms with E-state index in [1.54, 1.807) is 0 Å². The summed E-state index contributed by atoms with van der Waals surface area (Å²) in [6.07, 6.45) is 0. The van der Waals surface area contributed by atoms with Gasteiger partial charge in [0.25, 0.3) is 0 Å². The zero-order valence-corrected chi connectivity index (χ0v) is 12.8. The van der Waals surface area contributed by atoms with Crippen LogP contribution in [0.25, 0.3) is 0 Å². The third kappa shape index (κ3) is 3.45. The molecule has 1 unspecified atom stereocenters. The molecular formula is C14H20ClN3S. The molecule has 0 saturated carbocycles. The summed E-state index contributed by atoms with van der Waals surface area (Å²) in [7, 11) is 0. The van der Waals surface area contributed by atoms with Gasteiger partial charge < -0.3 is 10.6 Å². The molecule has 1 heterocycles. The van der Waals surface area contributed by atoms with Gasteiger partial charge in [-0.3, -0.25) is 4.90 Å². The first kappa shape index (κ1) is 14.7. The van der Waals surface area contributed by atoms with E-state index >= 15 is 0 Å². The quantitative estimate of drug-likeness (QED) is 0.865. The smallest absolute Gasteiger partial charge is 0.0948 e. The van der Waals surface area contributed by atoms with E-state index in [1.807, 2.05) is 24.3 Å². The van der Waals surface area contributed by atoms with E-state index in [4.69, 9.17) is 29.6 Å². The number of rotatable bonds is 4. The second-order valence-electron chi connectivity index (χ2n) is 4.80. The summed E-state index contributed by atoms with van der Waals surface area (Å²) < 4.78 is 0. The molecule has 0 bridgehead atoms. The van der Waals surface area contributed by atoms with Crippen LogP contribution in [0.2, 0.25) is 5.02 Å². The second kappa shape index (κ2) is 6.66. The van der Waals surface area contributed by atoms with E-state index in [0.717, 1.165) is 43.3 Å². The molecule has 1 atom stereocenters. The Kier molecular flexibility index (Phi) is 5.16. The first-order valence-electron chi connectivity index (χ1n) is 6.63. The van der Waals surface area contributed by atoms with Crippen molar-refractivity contribution >= 4 is 28.8 Å². The summed E-state index contributed by atoms with van der Waals surface area (Å²) >= 11 is 11.5. The van der Waals surface area contributed by atoms with Crippen LogP contribution in [0.15, 0.2) is 24.3 Å². The number of likely N-dealkylation sites (N-methyl/N-ethyl adjacent to an activating group) is 1. The SMILES string of the molecule is CCN1CCN(C(C(N)=S)c2ccccc2Cl)CC1. The van der Waals surface area contributed by atoms with Crippen molar-refractivity contribution in [1.82, 2.24) is 9.80 Å². The zero-order valence-electron chi connectivity index (χ0n) is 11.2. The maximum absolute atomic E-state index is 6.29. The Hall–Kier alpha value is -0.680. The van der Waals surface area contributed by atoms with E-state index in [1.165, 1.54) is 0 Å². The lowest BCUT2D eigenvalue weighted by Gasteiger charge is -2.38. The summed E-state index contributed by atoms with van der Waals surface area (Å²) in [5, 5.41) is 0.734. The summed E-state index contributed by atoms with van der Waals surface area (Å²) in [5.41, 5.74) is 6.97. The van der Waals surface area contributed by atoms with Crippen molar-refractivity contribution in [2.24, 2.45) is 5.73 Å². The van der Waals surface area contributed by atoms with Gasteiger partial charge in [-0.25, -0.2) is 0 Å². The van der Waals surface area contributed by atoms with Gasteiger partial charge in [0.15, 0.2) is 0 Å². The predicted octanol–water partition coefficient (Wildman–Crippen LogP) is 2.30. The monoisotopic (exact) mass is 297 g/mol. The zero-order chi connectivity index (χ0) is 13.8. The van der Waals surface area contributed by atoms with Crippen molar-refractivity contribution in [3.63, 3.8) is 0 Å². The molecule has 19 heavy (non-hydrogen) atoms. The largest absolute Gasteiger partial charge is 0.392 e. The van der Waals surface area contributed by atoms with Crippen molar-refractivity contribution in [1.29, 1.82) is 0 Å². The number of hydrogen-bond acceptors (Lipinski definition) is 3. The minimum absolute atomic E-state index is 0.0530. The average Bonchev–Trinajstić information content (AvgIpc) is 2.42. The van der Waals surface area contributed by atoms with Gasteiger partial charge in [-0.1, -0.05) is 48.9 Å². The van der Waals surface area contributed by atoms with Crippen LogP contribution < -0.4 is 5.73 Å². The van der Waals surface area contributed by atoms with Crippen LogP contribution in [-0.4, -0.2) is 47.5 Å². The van der Waals surface area contributed by atoms with Crippen LogP contribution in [-0.2, 0) is 0 Å². The first-order valence-corrected chi connectivity index (χ1v) is 7.42. The topological polar surface area (TPSA) is 32.5 Å². The Morgan fingerprint density at radius 3 is 2.47 bits per heavy atom. The lowest BCUT2D eigenvalue weighted by Crippen LogP contribution is -2.49. The highest BCUT2D eigenvalue weighted by atomic mass is 35.5. The lowest BCUT2D eigenvalue weighted by molar-refractivity contribution is 0.122. The third-order valence-electron chi connectivity index (χ3n) is 3.69. The number of halogens is 1. The standard InChI is InChI=1S/C14H20ClN3S/c1-2-17-7-9-18(10-8-17)13(14(16)19)11-5-3-4-6-12(11)15/h3-6,13H,2,7-10H2,1H3,(H2,16,19). The summed E-state index contributed by atoms with van der Waals surface area (Å²) in [6, 6.07) is 7.76.